The van der Waals surface area contributed by atoms with Crippen LogP contribution in [0.3, 0.4) is 0 Å². The number of fused-ring (bicyclic) bond motifs is 1. The van der Waals surface area contributed by atoms with Crippen LogP contribution in [0.15, 0.2) is 78.0 Å². The van der Waals surface area contributed by atoms with Crippen molar-refractivity contribution in [3.8, 4) is 11.1 Å². The number of carbonyl (C=O) groups is 3. The molecular weight excluding hydrogens is 442 g/mol. The third-order valence-corrected chi connectivity index (χ3v) is 6.40. The van der Waals surface area contributed by atoms with Gasteiger partial charge in [0.1, 0.15) is 0 Å². The number of hydroxylamine groups is 3. The summed E-state index contributed by atoms with van der Waals surface area (Å²) < 4.78 is 0. The van der Waals surface area contributed by atoms with E-state index >= 15 is 0 Å². The number of nitrogens with one attached hydrogen (secondary N) is 1. The molecule has 168 valence electrons. The van der Waals surface area contributed by atoms with Gasteiger partial charge in [-0.3, -0.25) is 29.4 Å². The lowest BCUT2D eigenvalue weighted by molar-refractivity contribution is -0.135. The molecule has 9 heteroatoms. The lowest BCUT2D eigenvalue weighted by Crippen LogP contribution is -2.33. The molecule has 0 spiro atoms. The van der Waals surface area contributed by atoms with E-state index in [0.29, 0.717) is 5.75 Å². The molecule has 33 heavy (non-hydrogen) atoms. The fourth-order valence-corrected chi connectivity index (χ4v) is 4.47. The third-order valence-electron chi connectivity index (χ3n) is 5.22. The van der Waals surface area contributed by atoms with E-state index < -0.39 is 23.6 Å². The topological polar surface area (TPSA) is 109 Å². The molecule has 2 heterocycles. The van der Waals surface area contributed by atoms with Crippen LogP contribution in [0.5, 0.6) is 0 Å². The van der Waals surface area contributed by atoms with Gasteiger partial charge in [0.15, 0.2) is 0 Å². The number of nitrogens with zero attached hydrogens (tertiary/aromatic N) is 2. The second-order valence-corrected chi connectivity index (χ2v) is 8.42. The highest BCUT2D eigenvalue weighted by atomic mass is 32.2. The van der Waals surface area contributed by atoms with E-state index in [9.17, 15) is 14.4 Å². The molecule has 1 aliphatic rings. The monoisotopic (exact) mass is 463 g/mol. The first-order valence-corrected chi connectivity index (χ1v) is 11.2. The van der Waals surface area contributed by atoms with Crippen molar-refractivity contribution < 1.29 is 24.4 Å². The number of carbonyl (C=O) groups excluding carboxylic acids is 3. The maximum atomic E-state index is 12.4. The summed E-state index contributed by atoms with van der Waals surface area (Å²) in [5, 5.41) is 9.83. The van der Waals surface area contributed by atoms with E-state index in [0.717, 1.165) is 21.1 Å². The fourth-order valence-electron chi connectivity index (χ4n) is 3.43. The largest absolute Gasteiger partial charge is 0.289 e. The number of rotatable bonds is 9. The molecule has 2 aromatic carbocycles. The minimum Gasteiger partial charge on any atom is -0.289 e. The van der Waals surface area contributed by atoms with Crippen LogP contribution in [0.4, 0.5) is 0 Å². The summed E-state index contributed by atoms with van der Waals surface area (Å²) in [6.45, 7) is -0.0376. The van der Waals surface area contributed by atoms with Gasteiger partial charge in [0.05, 0.1) is 23.7 Å². The Balaban J connectivity index is 1.32. The number of benzene rings is 2. The van der Waals surface area contributed by atoms with Crippen molar-refractivity contribution in [3.63, 3.8) is 0 Å². The smallest absolute Gasteiger partial charge is 0.285 e. The van der Waals surface area contributed by atoms with Gasteiger partial charge in [-0.25, -0.2) is 5.48 Å². The lowest BCUT2D eigenvalue weighted by Gasteiger charge is -2.17. The van der Waals surface area contributed by atoms with E-state index in [2.05, 4.69) is 4.98 Å². The van der Waals surface area contributed by atoms with Gasteiger partial charge in [-0.2, -0.15) is 0 Å². The SMILES string of the molecule is O=C(NO)C(CCON1C(=O)c2ccccc2C1=O)CSc1ccc(-c2cccnc2)cc1. The Morgan fingerprint density at radius 2 is 1.70 bits per heavy atom. The number of thioether (sulfide) groups is 1. The van der Waals surface area contributed by atoms with Crippen molar-refractivity contribution >= 4 is 29.5 Å². The fraction of sp³-hybridized carbons (Fsp3) is 0.167. The highest BCUT2D eigenvalue weighted by Crippen LogP contribution is 2.27. The molecule has 3 aromatic rings. The molecule has 1 aliphatic heterocycles. The van der Waals surface area contributed by atoms with E-state index in [1.807, 2.05) is 36.4 Å². The van der Waals surface area contributed by atoms with Crippen LogP contribution in [-0.4, -0.2) is 45.3 Å². The second kappa shape index (κ2) is 10.4. The van der Waals surface area contributed by atoms with Crippen LogP contribution in [-0.2, 0) is 9.63 Å². The molecule has 4 rings (SSSR count). The summed E-state index contributed by atoms with van der Waals surface area (Å²) in [6.07, 6.45) is 3.72. The van der Waals surface area contributed by atoms with Gasteiger partial charge in [-0.15, -0.1) is 16.8 Å². The Hall–Kier alpha value is -3.53. The van der Waals surface area contributed by atoms with Crippen LogP contribution in [0.25, 0.3) is 11.1 Å². The zero-order chi connectivity index (χ0) is 23.2. The Morgan fingerprint density at radius 3 is 2.30 bits per heavy atom. The highest BCUT2D eigenvalue weighted by Gasteiger charge is 2.36. The number of hydrogen-bond acceptors (Lipinski definition) is 7. The minimum absolute atomic E-state index is 0.0376. The minimum atomic E-state index is -0.590. The highest BCUT2D eigenvalue weighted by molar-refractivity contribution is 7.99. The predicted molar refractivity (Wildman–Crippen MR) is 121 cm³/mol. The first kappa shape index (κ1) is 22.7. The molecule has 3 amide bonds. The van der Waals surface area contributed by atoms with Crippen LogP contribution in [0.1, 0.15) is 27.1 Å². The van der Waals surface area contributed by atoms with Crippen molar-refractivity contribution in [1.29, 1.82) is 0 Å². The Morgan fingerprint density at radius 1 is 1.00 bits per heavy atom. The first-order valence-electron chi connectivity index (χ1n) is 10.3. The molecule has 1 atom stereocenters. The van der Waals surface area contributed by atoms with Crippen LogP contribution in [0.2, 0.25) is 0 Å². The predicted octanol–water partition coefficient (Wildman–Crippen LogP) is 3.58. The zero-order valence-electron chi connectivity index (χ0n) is 17.5. The first-order chi connectivity index (χ1) is 16.1. The molecule has 0 aliphatic carbocycles. The van der Waals surface area contributed by atoms with Crippen molar-refractivity contribution in [2.24, 2.45) is 5.92 Å². The third kappa shape index (κ3) is 5.11. The van der Waals surface area contributed by atoms with Crippen LogP contribution >= 0.6 is 11.8 Å². The van der Waals surface area contributed by atoms with Gasteiger partial charge in [0.25, 0.3) is 11.8 Å². The van der Waals surface area contributed by atoms with E-state index in [4.69, 9.17) is 10.0 Å². The van der Waals surface area contributed by atoms with Crippen LogP contribution in [0, 0.1) is 5.92 Å². The molecule has 0 saturated heterocycles. The number of imide groups is 1. The maximum absolute atomic E-state index is 12.4. The molecule has 1 aromatic heterocycles. The quantitative estimate of drug-likeness (QED) is 0.216. The summed E-state index contributed by atoms with van der Waals surface area (Å²) in [7, 11) is 0. The average Bonchev–Trinajstić information content (AvgIpc) is 3.11. The van der Waals surface area contributed by atoms with Crippen molar-refractivity contribution in [1.82, 2.24) is 15.5 Å². The van der Waals surface area contributed by atoms with Gasteiger partial charge in [0, 0.05) is 23.0 Å². The Bertz CT molecular complexity index is 1120. The van der Waals surface area contributed by atoms with Gasteiger partial charge in [-0.05, 0) is 47.9 Å². The van der Waals surface area contributed by atoms with Crippen molar-refractivity contribution in [2.45, 2.75) is 11.3 Å². The molecule has 1 unspecified atom stereocenters. The number of amides is 3. The van der Waals surface area contributed by atoms with Gasteiger partial charge < -0.3 is 0 Å². The Kier molecular flexibility index (Phi) is 7.13. The molecule has 0 fully saturated rings. The molecule has 2 N–H and O–H groups in total. The molecular formula is C24H21N3O5S. The van der Waals surface area contributed by atoms with Crippen molar-refractivity contribution in [2.75, 3.05) is 12.4 Å². The molecule has 8 nitrogen and oxygen atoms in total. The summed E-state index contributed by atoms with van der Waals surface area (Å²) in [5.74, 6) is -1.82. The summed E-state index contributed by atoms with van der Waals surface area (Å²) in [6, 6.07) is 18.2. The summed E-state index contributed by atoms with van der Waals surface area (Å²) in [4.78, 5) is 47.3. The number of aromatic nitrogens is 1. The average molecular weight is 464 g/mol. The summed E-state index contributed by atoms with van der Waals surface area (Å²) >= 11 is 1.46. The molecule has 0 radical (unpaired) electrons. The van der Waals surface area contributed by atoms with Gasteiger partial charge in [-0.1, -0.05) is 30.3 Å². The number of pyridine rings is 1. The normalized spacial score (nSPS) is 13.7. The molecule has 0 saturated carbocycles. The van der Waals surface area contributed by atoms with Crippen molar-refractivity contribution in [3.05, 3.63) is 84.2 Å². The standard InChI is InChI=1S/C24H21N3O5S/c28-22(26-31)18(11-13-32-27-23(29)20-5-1-2-6-21(20)24(27)30)15-33-19-9-7-16(8-10-19)17-4-3-12-25-14-17/h1-10,12,14,18,31H,11,13,15H2,(H,26,28). The second-order valence-electron chi connectivity index (χ2n) is 7.32. The van der Waals surface area contributed by atoms with Crippen LogP contribution < -0.4 is 5.48 Å². The van der Waals surface area contributed by atoms with E-state index in [-0.39, 0.29) is 24.2 Å². The Labute approximate surface area is 194 Å². The van der Waals surface area contributed by atoms with Gasteiger partial charge >= 0.3 is 0 Å². The van der Waals surface area contributed by atoms with Gasteiger partial charge in [0.2, 0.25) is 5.91 Å². The molecule has 0 bridgehead atoms. The number of hydrogen-bond donors (Lipinski definition) is 2. The van der Waals surface area contributed by atoms with E-state index in [1.54, 1.807) is 42.1 Å². The summed E-state index contributed by atoms with van der Waals surface area (Å²) in [5.41, 5.74) is 4.30. The van der Waals surface area contributed by atoms with E-state index in [1.165, 1.54) is 11.8 Å². The zero-order valence-corrected chi connectivity index (χ0v) is 18.3. The maximum Gasteiger partial charge on any atom is 0.285 e. The lowest BCUT2D eigenvalue weighted by atomic mass is 10.1.